The van der Waals surface area contributed by atoms with Crippen LogP contribution in [0, 0.1) is 10.1 Å². The van der Waals surface area contributed by atoms with E-state index in [-0.39, 0.29) is 11.3 Å². The molecule has 0 spiro atoms. The van der Waals surface area contributed by atoms with Crippen molar-refractivity contribution in [3.8, 4) is 0 Å². The van der Waals surface area contributed by atoms with Crippen molar-refractivity contribution in [2.45, 2.75) is 25.7 Å². The van der Waals surface area contributed by atoms with Crippen molar-refractivity contribution < 1.29 is 14.5 Å². The minimum Gasteiger partial charge on any atom is -0.358 e. The first-order valence-corrected chi connectivity index (χ1v) is 9.01. The largest absolute Gasteiger partial charge is 0.358 e. The molecule has 3 aromatic rings. The number of H-pyrrole nitrogens is 1. The summed E-state index contributed by atoms with van der Waals surface area (Å²) >= 11 is 0. The van der Waals surface area contributed by atoms with E-state index in [1.807, 2.05) is 12.1 Å². The lowest BCUT2D eigenvalue weighted by atomic mass is 9.95. The van der Waals surface area contributed by atoms with Crippen molar-refractivity contribution in [2.24, 2.45) is 0 Å². The maximum absolute atomic E-state index is 12.4. The number of carbonyl (C=O) groups is 2. The first-order valence-electron chi connectivity index (χ1n) is 9.01. The number of benzene rings is 2. The first kappa shape index (κ1) is 17.7. The van der Waals surface area contributed by atoms with E-state index in [1.165, 1.54) is 29.5 Å². The monoisotopic (exact) mass is 378 g/mol. The summed E-state index contributed by atoms with van der Waals surface area (Å²) in [4.78, 5) is 38.3. The van der Waals surface area contributed by atoms with Crippen LogP contribution in [0.5, 0.6) is 0 Å². The number of amides is 2. The Morgan fingerprint density at radius 3 is 2.43 bits per heavy atom. The topological polar surface area (TPSA) is 117 Å². The predicted octanol–water partition coefficient (Wildman–Crippen LogP) is 3.03. The Bertz CT molecular complexity index is 1100. The van der Waals surface area contributed by atoms with Gasteiger partial charge in [0.15, 0.2) is 0 Å². The summed E-state index contributed by atoms with van der Waals surface area (Å²) in [6.45, 7) is 0. The van der Waals surface area contributed by atoms with E-state index in [9.17, 15) is 19.7 Å². The molecule has 3 N–H and O–H groups in total. The Morgan fingerprint density at radius 1 is 0.964 bits per heavy atom. The van der Waals surface area contributed by atoms with Crippen molar-refractivity contribution >= 4 is 28.4 Å². The molecule has 0 aliphatic heterocycles. The number of aryl methyl sites for hydroxylation is 2. The summed E-state index contributed by atoms with van der Waals surface area (Å²) in [7, 11) is 0. The second-order valence-corrected chi connectivity index (χ2v) is 6.77. The maximum Gasteiger partial charge on any atom is 0.270 e. The fourth-order valence-electron chi connectivity index (χ4n) is 3.57. The van der Waals surface area contributed by atoms with Crippen molar-refractivity contribution in [3.63, 3.8) is 0 Å². The highest BCUT2D eigenvalue weighted by Gasteiger charge is 2.17. The van der Waals surface area contributed by atoms with Crippen molar-refractivity contribution in [2.75, 3.05) is 0 Å². The summed E-state index contributed by atoms with van der Waals surface area (Å²) in [5.41, 5.74) is 8.49. The molecule has 0 radical (unpaired) electrons. The van der Waals surface area contributed by atoms with Crippen molar-refractivity contribution in [1.29, 1.82) is 0 Å². The van der Waals surface area contributed by atoms with Gasteiger partial charge in [-0.15, -0.1) is 0 Å². The zero-order valence-electron chi connectivity index (χ0n) is 15.0. The van der Waals surface area contributed by atoms with E-state index >= 15 is 0 Å². The molecule has 4 rings (SSSR count). The van der Waals surface area contributed by atoms with Crippen molar-refractivity contribution in [3.05, 3.63) is 75.0 Å². The number of aromatic nitrogens is 1. The number of nitro groups is 1. The fourth-order valence-corrected chi connectivity index (χ4v) is 3.57. The molecule has 28 heavy (non-hydrogen) atoms. The molecule has 0 bridgehead atoms. The van der Waals surface area contributed by atoms with Crippen LogP contribution in [0.3, 0.4) is 0 Å². The number of hydrogen-bond donors (Lipinski definition) is 3. The second-order valence-electron chi connectivity index (χ2n) is 6.77. The van der Waals surface area contributed by atoms with Gasteiger partial charge in [-0.25, -0.2) is 0 Å². The first-order chi connectivity index (χ1) is 13.5. The number of rotatable bonds is 3. The predicted molar refractivity (Wildman–Crippen MR) is 103 cm³/mol. The number of hydrazine groups is 1. The molecule has 1 heterocycles. The van der Waals surface area contributed by atoms with Gasteiger partial charge in [0.05, 0.1) is 4.92 Å². The van der Waals surface area contributed by atoms with Gasteiger partial charge in [0.1, 0.15) is 0 Å². The van der Waals surface area contributed by atoms with E-state index in [0.29, 0.717) is 5.56 Å². The molecule has 1 aromatic heterocycles. The molecular weight excluding hydrogens is 360 g/mol. The fraction of sp³-hybridized carbons (Fsp3) is 0.200. The number of nitrogens with one attached hydrogen (secondary N) is 3. The molecule has 0 unspecified atom stereocenters. The average Bonchev–Trinajstić information content (AvgIpc) is 3.09. The van der Waals surface area contributed by atoms with Gasteiger partial charge < -0.3 is 4.98 Å². The average molecular weight is 378 g/mol. The third-order valence-corrected chi connectivity index (χ3v) is 4.97. The molecule has 2 amide bonds. The minimum absolute atomic E-state index is 0.0876. The van der Waals surface area contributed by atoms with Crippen LogP contribution in [0.15, 0.2) is 42.5 Å². The summed E-state index contributed by atoms with van der Waals surface area (Å²) < 4.78 is 0. The van der Waals surface area contributed by atoms with E-state index in [2.05, 4.69) is 15.8 Å². The molecule has 142 valence electrons. The molecule has 0 saturated heterocycles. The molecule has 1 aliphatic carbocycles. The van der Waals surface area contributed by atoms with Crippen LogP contribution in [-0.2, 0) is 12.8 Å². The minimum atomic E-state index is -0.628. The van der Waals surface area contributed by atoms with Crippen LogP contribution in [0.25, 0.3) is 10.9 Å². The molecule has 0 atom stereocenters. The van der Waals surface area contributed by atoms with Crippen LogP contribution >= 0.6 is 0 Å². The van der Waals surface area contributed by atoms with E-state index in [0.717, 1.165) is 42.7 Å². The number of hydrogen-bond acceptors (Lipinski definition) is 4. The smallest absolute Gasteiger partial charge is 0.270 e. The van der Waals surface area contributed by atoms with Gasteiger partial charge in [0.25, 0.3) is 17.5 Å². The number of fused-ring (bicyclic) bond motifs is 3. The molecule has 1 aliphatic rings. The summed E-state index contributed by atoms with van der Waals surface area (Å²) in [6, 6.07) is 10.7. The van der Waals surface area contributed by atoms with Crippen LogP contribution in [-0.4, -0.2) is 21.7 Å². The van der Waals surface area contributed by atoms with Crippen LogP contribution in [0.2, 0.25) is 0 Å². The van der Waals surface area contributed by atoms with Gasteiger partial charge in [-0.1, -0.05) is 6.07 Å². The zero-order chi connectivity index (χ0) is 19.7. The van der Waals surface area contributed by atoms with Gasteiger partial charge in [0, 0.05) is 39.9 Å². The molecule has 8 heteroatoms. The number of non-ortho nitro benzene ring substituents is 1. The Labute approximate surface area is 160 Å². The second kappa shape index (κ2) is 7.15. The van der Waals surface area contributed by atoms with Gasteiger partial charge in [-0.05, 0) is 55.5 Å². The molecular formula is C20H18N4O4. The lowest BCUT2D eigenvalue weighted by Crippen LogP contribution is -2.41. The van der Waals surface area contributed by atoms with E-state index in [1.54, 1.807) is 6.07 Å². The van der Waals surface area contributed by atoms with Crippen LogP contribution in [0.4, 0.5) is 5.69 Å². The van der Waals surface area contributed by atoms with E-state index in [4.69, 9.17) is 0 Å². The normalized spacial score (nSPS) is 13.0. The lowest BCUT2D eigenvalue weighted by Gasteiger charge is -2.11. The number of nitrogens with zero attached hydrogens (tertiary/aromatic N) is 1. The Hall–Kier alpha value is -3.68. The van der Waals surface area contributed by atoms with E-state index < -0.39 is 16.7 Å². The Balaban J connectivity index is 1.48. The third kappa shape index (κ3) is 3.32. The van der Waals surface area contributed by atoms with Gasteiger partial charge in [0.2, 0.25) is 0 Å². The van der Waals surface area contributed by atoms with Gasteiger partial charge >= 0.3 is 0 Å². The SMILES string of the molecule is O=C(NNC(=O)c1ccc2[nH]c3c(c2c1)CCCC3)c1cccc([N+](=O)[O-])c1. The van der Waals surface area contributed by atoms with Gasteiger partial charge in [-0.2, -0.15) is 0 Å². The number of aromatic amines is 1. The Morgan fingerprint density at radius 2 is 1.68 bits per heavy atom. The quantitative estimate of drug-likeness (QED) is 0.480. The molecule has 0 saturated carbocycles. The highest BCUT2D eigenvalue weighted by molar-refractivity contribution is 6.01. The standard InChI is InChI=1S/C20H18N4O4/c25-19(12-4-3-5-14(10-12)24(27)28)22-23-20(26)13-8-9-18-16(11-13)15-6-1-2-7-17(15)21-18/h3-5,8-11,21H,1-2,6-7H2,(H,22,25)(H,23,26). The summed E-state index contributed by atoms with van der Waals surface area (Å²) in [5, 5.41) is 11.9. The maximum atomic E-state index is 12.4. The summed E-state index contributed by atoms with van der Waals surface area (Å²) in [5.74, 6) is -1.08. The van der Waals surface area contributed by atoms with Crippen molar-refractivity contribution in [1.82, 2.24) is 15.8 Å². The number of nitro benzene ring substituents is 1. The van der Waals surface area contributed by atoms with Crippen LogP contribution < -0.4 is 10.9 Å². The van der Waals surface area contributed by atoms with Gasteiger partial charge in [-0.3, -0.25) is 30.6 Å². The highest BCUT2D eigenvalue weighted by atomic mass is 16.6. The molecule has 0 fully saturated rings. The lowest BCUT2D eigenvalue weighted by molar-refractivity contribution is -0.384. The molecule has 2 aromatic carbocycles. The number of carbonyl (C=O) groups excluding carboxylic acids is 2. The third-order valence-electron chi connectivity index (χ3n) is 4.97. The highest BCUT2D eigenvalue weighted by Crippen LogP contribution is 2.29. The molecule has 8 nitrogen and oxygen atoms in total. The van der Waals surface area contributed by atoms with Crippen LogP contribution in [0.1, 0.15) is 44.8 Å². The zero-order valence-corrected chi connectivity index (χ0v) is 15.0. The summed E-state index contributed by atoms with van der Waals surface area (Å²) in [6.07, 6.45) is 4.31. The Kier molecular flexibility index (Phi) is 4.52.